The second kappa shape index (κ2) is 10.8. The molecule has 0 aliphatic carbocycles. The van der Waals surface area contributed by atoms with Crippen LogP contribution in [0.1, 0.15) is 33.2 Å². The van der Waals surface area contributed by atoms with E-state index >= 15 is 0 Å². The zero-order chi connectivity index (χ0) is 26.5. The molecule has 0 fully saturated rings. The third-order valence-corrected chi connectivity index (χ3v) is 5.51. The van der Waals surface area contributed by atoms with Crippen molar-refractivity contribution in [2.75, 3.05) is 18.1 Å². The summed E-state index contributed by atoms with van der Waals surface area (Å²) in [5.74, 6) is -1.98. The first-order valence-electron chi connectivity index (χ1n) is 10.7. The zero-order valence-corrected chi connectivity index (χ0v) is 20.3. The number of nitrogens with one attached hydrogen (secondary N) is 2. The normalized spacial score (nSPS) is 10.8. The van der Waals surface area contributed by atoms with Crippen molar-refractivity contribution < 1.29 is 27.0 Å². The van der Waals surface area contributed by atoms with E-state index in [9.17, 15) is 22.8 Å². The van der Waals surface area contributed by atoms with Crippen LogP contribution < -0.4 is 11.1 Å². The second-order valence-electron chi connectivity index (χ2n) is 7.67. The molecular formula is C25H24N4O6S. The number of carbonyl (C=O) groups is 3. The van der Waals surface area contributed by atoms with Gasteiger partial charge < -0.3 is 15.2 Å². The van der Waals surface area contributed by atoms with Crippen molar-refractivity contribution in [3.05, 3.63) is 89.5 Å². The van der Waals surface area contributed by atoms with Gasteiger partial charge in [0.2, 0.25) is 0 Å². The van der Waals surface area contributed by atoms with Crippen molar-refractivity contribution in [1.82, 2.24) is 4.90 Å². The Morgan fingerprint density at radius 1 is 0.972 bits per heavy atom. The minimum absolute atomic E-state index is 0.0136. The SMILES string of the molecule is CCN(C(=O)Nc1ccc(C(=N)N)cc1)C(=O)c1ccc(-c2ccccc2)c(C(=O)OS(C)(=O)=O)c1. The van der Waals surface area contributed by atoms with E-state index in [2.05, 4.69) is 9.50 Å². The van der Waals surface area contributed by atoms with Crippen molar-refractivity contribution in [2.24, 2.45) is 5.73 Å². The van der Waals surface area contributed by atoms with Crippen LogP contribution >= 0.6 is 0 Å². The average molecular weight is 509 g/mol. The highest BCUT2D eigenvalue weighted by atomic mass is 32.2. The van der Waals surface area contributed by atoms with Gasteiger partial charge >= 0.3 is 22.1 Å². The van der Waals surface area contributed by atoms with Gasteiger partial charge in [0, 0.05) is 23.4 Å². The van der Waals surface area contributed by atoms with Gasteiger partial charge in [0.25, 0.3) is 5.91 Å². The molecule has 36 heavy (non-hydrogen) atoms. The van der Waals surface area contributed by atoms with Gasteiger partial charge in [-0.05, 0) is 54.4 Å². The number of carbonyl (C=O) groups excluding carboxylic acids is 3. The third-order valence-electron chi connectivity index (χ3n) is 5.05. The number of nitrogens with two attached hydrogens (primary N) is 1. The van der Waals surface area contributed by atoms with Gasteiger partial charge in [0.05, 0.1) is 11.8 Å². The molecule has 0 heterocycles. The lowest BCUT2D eigenvalue weighted by molar-refractivity contribution is 0.0749. The smallest absolute Gasteiger partial charge is 0.354 e. The standard InChI is InChI=1S/C25H24N4O6S/c1-3-29(25(32)28-19-12-9-17(10-13-19)22(26)27)23(30)18-11-14-20(16-7-5-4-6-8-16)21(15-18)24(31)35-36(2,33)34/h4-15H,3H2,1-2H3,(H3,26,27)(H,28,32). The fraction of sp³-hybridized carbons (Fsp3) is 0.120. The summed E-state index contributed by atoms with van der Waals surface area (Å²) in [5, 5.41) is 10.0. The Bertz CT molecular complexity index is 1420. The van der Waals surface area contributed by atoms with Crippen LogP contribution in [0.15, 0.2) is 72.8 Å². The van der Waals surface area contributed by atoms with E-state index in [1.807, 2.05) is 0 Å². The molecule has 0 unspecified atom stereocenters. The van der Waals surface area contributed by atoms with E-state index in [0.717, 1.165) is 11.2 Å². The number of nitrogen functional groups attached to an aromatic ring is 1. The van der Waals surface area contributed by atoms with Crippen molar-refractivity contribution in [3.8, 4) is 11.1 Å². The first-order chi connectivity index (χ1) is 17.0. The summed E-state index contributed by atoms with van der Waals surface area (Å²) < 4.78 is 27.7. The van der Waals surface area contributed by atoms with E-state index in [1.165, 1.54) is 18.2 Å². The van der Waals surface area contributed by atoms with Crippen molar-refractivity contribution in [2.45, 2.75) is 6.92 Å². The van der Waals surface area contributed by atoms with Crippen LogP contribution in [0.25, 0.3) is 11.1 Å². The van der Waals surface area contributed by atoms with Gasteiger partial charge in [0.1, 0.15) is 5.84 Å². The predicted octanol–water partition coefficient (Wildman–Crippen LogP) is 3.45. The molecule has 0 atom stereocenters. The fourth-order valence-corrected chi connectivity index (χ4v) is 3.72. The first kappa shape index (κ1) is 26.1. The van der Waals surface area contributed by atoms with Crippen LogP contribution in [0.2, 0.25) is 0 Å². The summed E-state index contributed by atoms with van der Waals surface area (Å²) in [5.41, 5.74) is 7.10. The molecule has 0 aliphatic heterocycles. The molecule has 3 aromatic carbocycles. The highest BCUT2D eigenvalue weighted by Gasteiger charge is 2.25. The first-order valence-corrected chi connectivity index (χ1v) is 12.5. The number of benzene rings is 3. The van der Waals surface area contributed by atoms with Gasteiger partial charge in [-0.3, -0.25) is 15.1 Å². The Labute approximate surface area is 208 Å². The number of urea groups is 1. The maximum Gasteiger partial charge on any atom is 0.354 e. The fourth-order valence-electron chi connectivity index (χ4n) is 3.36. The lowest BCUT2D eigenvalue weighted by atomic mass is 9.97. The van der Waals surface area contributed by atoms with Gasteiger partial charge in [0.15, 0.2) is 0 Å². The summed E-state index contributed by atoms with van der Waals surface area (Å²) in [4.78, 5) is 39.7. The van der Waals surface area contributed by atoms with Crippen LogP contribution in [0.3, 0.4) is 0 Å². The molecule has 11 heteroatoms. The van der Waals surface area contributed by atoms with Gasteiger partial charge in [-0.1, -0.05) is 36.4 Å². The summed E-state index contributed by atoms with van der Waals surface area (Å²) >= 11 is 0. The highest BCUT2D eigenvalue weighted by molar-refractivity contribution is 7.86. The summed E-state index contributed by atoms with van der Waals surface area (Å²) in [6.07, 6.45) is 0.744. The maximum absolute atomic E-state index is 13.2. The van der Waals surface area contributed by atoms with Gasteiger partial charge in [-0.15, -0.1) is 0 Å². The Balaban J connectivity index is 1.93. The minimum atomic E-state index is -4.11. The molecule has 3 rings (SSSR count). The molecular weight excluding hydrogens is 484 g/mol. The summed E-state index contributed by atoms with van der Waals surface area (Å²) in [6, 6.07) is 18.3. The molecule has 0 radical (unpaired) electrons. The number of hydrogen-bond acceptors (Lipinski definition) is 7. The molecule has 0 aliphatic rings. The Kier molecular flexibility index (Phi) is 7.85. The topological polar surface area (TPSA) is 160 Å². The monoisotopic (exact) mass is 508 g/mol. The Morgan fingerprint density at radius 2 is 1.58 bits per heavy atom. The number of amidine groups is 1. The minimum Gasteiger partial charge on any atom is -0.384 e. The molecule has 0 bridgehead atoms. The lowest BCUT2D eigenvalue weighted by Gasteiger charge is -2.20. The number of hydrogen-bond donors (Lipinski definition) is 3. The maximum atomic E-state index is 13.2. The molecule has 0 saturated carbocycles. The van der Waals surface area contributed by atoms with E-state index < -0.39 is 28.0 Å². The van der Waals surface area contributed by atoms with Crippen molar-refractivity contribution >= 4 is 39.5 Å². The predicted molar refractivity (Wildman–Crippen MR) is 135 cm³/mol. The van der Waals surface area contributed by atoms with Crippen LogP contribution in [-0.2, 0) is 14.3 Å². The largest absolute Gasteiger partial charge is 0.384 e. The number of imide groups is 1. The molecule has 4 N–H and O–H groups in total. The molecule has 3 amide bonds. The number of rotatable bonds is 7. The zero-order valence-electron chi connectivity index (χ0n) is 19.5. The van der Waals surface area contributed by atoms with E-state index in [4.69, 9.17) is 11.1 Å². The molecule has 0 aromatic heterocycles. The van der Waals surface area contributed by atoms with Crippen LogP contribution in [0, 0.1) is 5.41 Å². The second-order valence-corrected chi connectivity index (χ2v) is 9.25. The lowest BCUT2D eigenvalue weighted by Crippen LogP contribution is -2.39. The average Bonchev–Trinajstić information content (AvgIpc) is 2.84. The van der Waals surface area contributed by atoms with Crippen LogP contribution in [-0.4, -0.2) is 49.9 Å². The Morgan fingerprint density at radius 3 is 2.14 bits per heavy atom. The number of nitrogens with zero attached hydrogens (tertiary/aromatic N) is 1. The van der Waals surface area contributed by atoms with Gasteiger partial charge in [-0.25, -0.2) is 9.59 Å². The van der Waals surface area contributed by atoms with Crippen LogP contribution in [0.4, 0.5) is 10.5 Å². The van der Waals surface area contributed by atoms with E-state index in [1.54, 1.807) is 61.5 Å². The van der Waals surface area contributed by atoms with E-state index in [-0.39, 0.29) is 23.5 Å². The quantitative estimate of drug-likeness (QED) is 0.250. The molecule has 0 saturated heterocycles. The molecule has 3 aromatic rings. The summed E-state index contributed by atoms with van der Waals surface area (Å²) in [7, 11) is -4.11. The Hall–Kier alpha value is -4.51. The molecule has 186 valence electrons. The third kappa shape index (κ3) is 6.33. The summed E-state index contributed by atoms with van der Waals surface area (Å²) in [6.45, 7) is 1.62. The van der Waals surface area contributed by atoms with Crippen LogP contribution in [0.5, 0.6) is 0 Å². The van der Waals surface area contributed by atoms with Gasteiger partial charge in [-0.2, -0.15) is 8.42 Å². The number of anilines is 1. The molecule has 0 spiro atoms. The van der Waals surface area contributed by atoms with Crippen molar-refractivity contribution in [3.63, 3.8) is 0 Å². The highest BCUT2D eigenvalue weighted by Crippen LogP contribution is 2.26. The van der Waals surface area contributed by atoms with Crippen molar-refractivity contribution in [1.29, 1.82) is 5.41 Å². The molecule has 10 nitrogen and oxygen atoms in total. The van der Waals surface area contributed by atoms with E-state index in [0.29, 0.717) is 22.4 Å². The number of amides is 3.